The Morgan fingerprint density at radius 2 is 2.12 bits per heavy atom. The number of aromatic nitrogens is 3. The van der Waals surface area contributed by atoms with E-state index in [0.717, 1.165) is 52.9 Å². The second-order valence-electron chi connectivity index (χ2n) is 8.63. The van der Waals surface area contributed by atoms with Crippen LogP contribution in [0.2, 0.25) is 0 Å². The van der Waals surface area contributed by atoms with Gasteiger partial charge < -0.3 is 19.5 Å². The molecule has 1 aliphatic rings. The Balaban J connectivity index is 1.46. The van der Waals surface area contributed by atoms with E-state index < -0.39 is 0 Å². The minimum Gasteiger partial charge on any atom is -0.489 e. The zero-order valence-electron chi connectivity index (χ0n) is 20.0. The minimum absolute atomic E-state index is 0.0714. The van der Waals surface area contributed by atoms with Crippen molar-refractivity contribution in [3.8, 4) is 11.6 Å². The summed E-state index contributed by atoms with van der Waals surface area (Å²) in [6.07, 6.45) is 3.09. The summed E-state index contributed by atoms with van der Waals surface area (Å²) in [5.74, 6) is 1.16. The molecule has 1 fully saturated rings. The molecule has 0 spiro atoms. The molecule has 33 heavy (non-hydrogen) atoms. The number of hydrogen-bond acceptors (Lipinski definition) is 6. The lowest BCUT2D eigenvalue weighted by Crippen LogP contribution is -2.18. The average molecular weight is 453 g/mol. The summed E-state index contributed by atoms with van der Waals surface area (Å²) in [6.45, 7) is 7.28. The van der Waals surface area contributed by atoms with Gasteiger partial charge in [0.05, 0.1) is 24.3 Å². The lowest BCUT2D eigenvalue weighted by atomic mass is 10.00. The topological polar surface area (TPSA) is 87.5 Å². The number of ether oxygens (including phenoxy) is 3. The highest BCUT2D eigenvalue weighted by Gasteiger charge is 2.20. The fraction of sp³-hybridized carbons (Fsp3) is 0.480. The number of methoxy groups -OCH3 is 1. The number of nitrogens with zero attached hydrogens (tertiary/aromatic N) is 3. The Morgan fingerprint density at radius 1 is 1.30 bits per heavy atom. The predicted octanol–water partition coefficient (Wildman–Crippen LogP) is 4.03. The van der Waals surface area contributed by atoms with Crippen LogP contribution < -0.4 is 14.8 Å². The van der Waals surface area contributed by atoms with Crippen LogP contribution in [-0.4, -0.2) is 47.1 Å². The molecule has 1 aliphatic heterocycles. The number of benzene rings is 1. The number of anilines is 1. The molecule has 3 aromatic rings. The van der Waals surface area contributed by atoms with Crippen molar-refractivity contribution >= 4 is 22.6 Å². The van der Waals surface area contributed by atoms with Crippen LogP contribution in [0.5, 0.6) is 11.6 Å². The van der Waals surface area contributed by atoms with E-state index in [4.69, 9.17) is 19.2 Å². The molecule has 1 atom stereocenters. The van der Waals surface area contributed by atoms with Crippen molar-refractivity contribution in [2.45, 2.75) is 52.6 Å². The minimum atomic E-state index is -0.0714. The van der Waals surface area contributed by atoms with Gasteiger partial charge in [-0.25, -0.2) is 9.67 Å². The third kappa shape index (κ3) is 4.95. The highest BCUT2D eigenvalue weighted by molar-refractivity contribution is 5.93. The Hall–Kier alpha value is -3.13. The van der Waals surface area contributed by atoms with Gasteiger partial charge in [0, 0.05) is 25.8 Å². The molecule has 0 bridgehead atoms. The zero-order valence-corrected chi connectivity index (χ0v) is 20.0. The van der Waals surface area contributed by atoms with E-state index in [1.807, 2.05) is 46.0 Å². The lowest BCUT2D eigenvalue weighted by molar-refractivity contribution is -0.116. The van der Waals surface area contributed by atoms with Crippen LogP contribution in [-0.2, 0) is 23.0 Å². The summed E-state index contributed by atoms with van der Waals surface area (Å²) in [7, 11) is 3.46. The number of carbonyl (C=O) groups is 1. The molecule has 8 nitrogen and oxygen atoms in total. The van der Waals surface area contributed by atoms with Crippen LogP contribution in [0.1, 0.15) is 41.6 Å². The van der Waals surface area contributed by atoms with Gasteiger partial charge in [-0.05, 0) is 68.9 Å². The molecule has 2 aromatic heterocycles. The normalized spacial score (nSPS) is 15.7. The number of pyridine rings is 1. The Bertz CT molecular complexity index is 1170. The maximum Gasteiger partial charge on any atom is 0.242 e. The van der Waals surface area contributed by atoms with Gasteiger partial charge in [0.1, 0.15) is 12.4 Å². The number of carbonyl (C=O) groups excluding carboxylic acids is 1. The summed E-state index contributed by atoms with van der Waals surface area (Å²) < 4.78 is 18.8. The van der Waals surface area contributed by atoms with E-state index in [2.05, 4.69) is 10.4 Å². The summed E-state index contributed by atoms with van der Waals surface area (Å²) in [4.78, 5) is 17.6. The van der Waals surface area contributed by atoms with Gasteiger partial charge in [-0.3, -0.25) is 4.79 Å². The van der Waals surface area contributed by atoms with Crippen LogP contribution in [0.25, 0.3) is 11.0 Å². The van der Waals surface area contributed by atoms with Crippen molar-refractivity contribution in [3.05, 3.63) is 40.6 Å². The number of rotatable bonds is 8. The van der Waals surface area contributed by atoms with Crippen LogP contribution in [0, 0.1) is 20.8 Å². The molecule has 0 aliphatic carbocycles. The van der Waals surface area contributed by atoms with Gasteiger partial charge in [-0.2, -0.15) is 0 Å². The van der Waals surface area contributed by atoms with E-state index in [-0.39, 0.29) is 12.0 Å². The molecule has 4 rings (SSSR count). The largest absolute Gasteiger partial charge is 0.489 e. The van der Waals surface area contributed by atoms with Gasteiger partial charge in [0.2, 0.25) is 11.8 Å². The van der Waals surface area contributed by atoms with Gasteiger partial charge in [-0.15, -0.1) is 5.10 Å². The SMILES string of the molecule is COc1nn(C)c2nc(C)c(CCC(=O)Nc3ccc(C)cc3OCC3CCCO3)c(C)c12. The van der Waals surface area contributed by atoms with Crippen molar-refractivity contribution in [1.29, 1.82) is 0 Å². The molecule has 1 unspecified atom stereocenters. The summed E-state index contributed by atoms with van der Waals surface area (Å²) in [5, 5.41) is 8.31. The molecule has 1 aromatic carbocycles. The van der Waals surface area contributed by atoms with Crippen molar-refractivity contribution in [2.75, 3.05) is 25.6 Å². The van der Waals surface area contributed by atoms with Crippen molar-refractivity contribution in [3.63, 3.8) is 0 Å². The third-order valence-corrected chi connectivity index (χ3v) is 6.18. The van der Waals surface area contributed by atoms with Crippen molar-refractivity contribution in [1.82, 2.24) is 14.8 Å². The summed E-state index contributed by atoms with van der Waals surface area (Å²) >= 11 is 0. The van der Waals surface area contributed by atoms with Gasteiger partial charge in [-0.1, -0.05) is 6.07 Å². The molecule has 3 heterocycles. The van der Waals surface area contributed by atoms with Crippen molar-refractivity contribution < 1.29 is 19.0 Å². The fourth-order valence-electron chi connectivity index (χ4n) is 4.37. The van der Waals surface area contributed by atoms with Crippen molar-refractivity contribution in [2.24, 2.45) is 7.05 Å². The molecule has 1 amide bonds. The standard InChI is InChI=1S/C25H32N4O4/c1-15-8-10-20(21(13-15)33-14-18-7-6-12-32-18)27-22(30)11-9-19-16(2)23-24(26-17(19)3)29(4)28-25(23)31-5/h8,10,13,18H,6-7,9,11-12,14H2,1-5H3,(H,27,30). The van der Waals surface area contributed by atoms with Gasteiger partial charge >= 0.3 is 0 Å². The predicted molar refractivity (Wildman–Crippen MR) is 127 cm³/mol. The first-order valence-corrected chi connectivity index (χ1v) is 11.4. The molecule has 0 radical (unpaired) electrons. The molecule has 1 saturated heterocycles. The monoisotopic (exact) mass is 452 g/mol. The lowest BCUT2D eigenvalue weighted by Gasteiger charge is -2.16. The number of amides is 1. The smallest absolute Gasteiger partial charge is 0.242 e. The first kappa shape index (κ1) is 23.0. The van der Waals surface area contributed by atoms with Crippen LogP contribution in [0.3, 0.4) is 0 Å². The quantitative estimate of drug-likeness (QED) is 0.555. The Labute approximate surface area is 194 Å². The number of nitrogens with one attached hydrogen (secondary N) is 1. The zero-order chi connectivity index (χ0) is 23.5. The summed E-state index contributed by atoms with van der Waals surface area (Å²) in [5.41, 5.74) is 5.52. The average Bonchev–Trinajstić information content (AvgIpc) is 3.41. The molecule has 8 heteroatoms. The van der Waals surface area contributed by atoms with Crippen LogP contribution in [0.4, 0.5) is 5.69 Å². The Morgan fingerprint density at radius 3 is 2.85 bits per heavy atom. The van der Waals surface area contributed by atoms with Crippen LogP contribution >= 0.6 is 0 Å². The second kappa shape index (κ2) is 9.79. The number of hydrogen-bond donors (Lipinski definition) is 1. The van der Waals surface area contributed by atoms with E-state index in [9.17, 15) is 4.79 Å². The number of aryl methyl sites for hydroxylation is 4. The number of fused-ring (bicyclic) bond motifs is 1. The highest BCUT2D eigenvalue weighted by Crippen LogP contribution is 2.31. The summed E-state index contributed by atoms with van der Waals surface area (Å²) in [6, 6.07) is 5.81. The van der Waals surface area contributed by atoms with Gasteiger partial charge in [0.25, 0.3) is 0 Å². The van der Waals surface area contributed by atoms with E-state index in [1.165, 1.54) is 0 Å². The van der Waals surface area contributed by atoms with Crippen LogP contribution in [0.15, 0.2) is 18.2 Å². The highest BCUT2D eigenvalue weighted by atomic mass is 16.5. The maximum absolute atomic E-state index is 12.8. The molecular weight excluding hydrogens is 420 g/mol. The van der Waals surface area contributed by atoms with E-state index >= 15 is 0 Å². The molecule has 1 N–H and O–H groups in total. The third-order valence-electron chi connectivity index (χ3n) is 6.18. The van der Waals surface area contributed by atoms with E-state index in [0.29, 0.717) is 36.8 Å². The second-order valence-corrected chi connectivity index (χ2v) is 8.63. The molecule has 176 valence electrons. The van der Waals surface area contributed by atoms with E-state index in [1.54, 1.807) is 11.8 Å². The first-order chi connectivity index (χ1) is 15.9. The maximum atomic E-state index is 12.8. The van der Waals surface area contributed by atoms with Gasteiger partial charge in [0.15, 0.2) is 5.65 Å². The Kier molecular flexibility index (Phi) is 6.83. The first-order valence-electron chi connectivity index (χ1n) is 11.4. The fourth-order valence-corrected chi connectivity index (χ4v) is 4.37. The molecular formula is C25H32N4O4. The molecule has 0 saturated carbocycles.